The summed E-state index contributed by atoms with van der Waals surface area (Å²) in [5.41, 5.74) is 10.2. The highest BCUT2D eigenvalue weighted by Crippen LogP contribution is 2.28. The molecule has 0 aromatic carbocycles. The summed E-state index contributed by atoms with van der Waals surface area (Å²) in [6, 6.07) is 0. The minimum atomic E-state index is -0.311. The third kappa shape index (κ3) is 6.38. The van der Waals surface area contributed by atoms with Crippen molar-refractivity contribution in [2.75, 3.05) is 11.5 Å². The molecule has 0 aromatic heterocycles. The van der Waals surface area contributed by atoms with Crippen LogP contribution in [0, 0.1) is 11.3 Å². The highest BCUT2D eigenvalue weighted by Gasteiger charge is 2.29. The lowest BCUT2D eigenvalue weighted by molar-refractivity contribution is -0.124. The summed E-state index contributed by atoms with van der Waals surface area (Å²) in [6.07, 6.45) is 0.348. The number of rotatable bonds is 6. The van der Waals surface area contributed by atoms with Gasteiger partial charge >= 0.3 is 0 Å². The van der Waals surface area contributed by atoms with Crippen molar-refractivity contribution in [2.45, 2.75) is 27.2 Å². The molecular formula is C10H20N2O2S. The van der Waals surface area contributed by atoms with E-state index in [0.717, 1.165) is 0 Å². The van der Waals surface area contributed by atoms with Gasteiger partial charge in [0, 0.05) is 17.9 Å². The van der Waals surface area contributed by atoms with Crippen LogP contribution in [0.4, 0.5) is 0 Å². The minimum Gasteiger partial charge on any atom is -0.370 e. The van der Waals surface area contributed by atoms with Gasteiger partial charge in [0.2, 0.25) is 11.8 Å². The number of hydrogen-bond acceptors (Lipinski definition) is 3. The molecule has 0 saturated heterocycles. The third-order valence-corrected chi connectivity index (χ3v) is 3.23. The monoisotopic (exact) mass is 232 g/mol. The summed E-state index contributed by atoms with van der Waals surface area (Å²) < 4.78 is 0. The van der Waals surface area contributed by atoms with Crippen LogP contribution in [0.25, 0.3) is 0 Å². The van der Waals surface area contributed by atoms with Crippen LogP contribution in [-0.2, 0) is 9.59 Å². The van der Waals surface area contributed by atoms with Crippen molar-refractivity contribution in [1.29, 1.82) is 0 Å². The van der Waals surface area contributed by atoms with E-state index in [2.05, 4.69) is 0 Å². The molecule has 0 saturated carbocycles. The smallest absolute Gasteiger partial charge is 0.221 e. The van der Waals surface area contributed by atoms with Crippen molar-refractivity contribution in [3.8, 4) is 0 Å². The van der Waals surface area contributed by atoms with E-state index in [1.807, 2.05) is 20.8 Å². The Hall–Kier alpha value is -0.710. The zero-order valence-corrected chi connectivity index (χ0v) is 10.4. The van der Waals surface area contributed by atoms with Gasteiger partial charge in [0.25, 0.3) is 0 Å². The van der Waals surface area contributed by atoms with Gasteiger partial charge in [-0.1, -0.05) is 20.8 Å². The maximum Gasteiger partial charge on any atom is 0.221 e. The average molecular weight is 232 g/mol. The molecule has 1 unspecified atom stereocenters. The molecule has 1 atom stereocenters. The van der Waals surface area contributed by atoms with Crippen LogP contribution < -0.4 is 11.5 Å². The van der Waals surface area contributed by atoms with Gasteiger partial charge in [-0.05, 0) is 5.41 Å². The van der Waals surface area contributed by atoms with E-state index in [4.69, 9.17) is 11.5 Å². The molecule has 5 heteroatoms. The van der Waals surface area contributed by atoms with E-state index in [0.29, 0.717) is 17.9 Å². The Labute approximate surface area is 95.1 Å². The van der Waals surface area contributed by atoms with Gasteiger partial charge in [-0.15, -0.1) is 0 Å². The van der Waals surface area contributed by atoms with Crippen LogP contribution in [0.2, 0.25) is 0 Å². The summed E-state index contributed by atoms with van der Waals surface area (Å²) >= 11 is 1.54. The Morgan fingerprint density at radius 1 is 1.27 bits per heavy atom. The van der Waals surface area contributed by atoms with Crippen LogP contribution in [0.15, 0.2) is 0 Å². The van der Waals surface area contributed by atoms with Crippen molar-refractivity contribution >= 4 is 23.6 Å². The van der Waals surface area contributed by atoms with Gasteiger partial charge in [0.05, 0.1) is 5.92 Å². The number of amides is 2. The molecule has 88 valence electrons. The fraction of sp³-hybridized carbons (Fsp3) is 0.800. The zero-order chi connectivity index (χ0) is 12.1. The SMILES string of the molecule is CC(C)(C)C(CSCCC(N)=O)C(N)=O. The summed E-state index contributed by atoms with van der Waals surface area (Å²) in [7, 11) is 0. The summed E-state index contributed by atoms with van der Waals surface area (Å²) in [6.45, 7) is 5.95. The molecule has 0 radical (unpaired) electrons. The number of primary amides is 2. The fourth-order valence-electron chi connectivity index (χ4n) is 1.13. The zero-order valence-electron chi connectivity index (χ0n) is 9.58. The molecule has 0 fully saturated rings. The molecule has 0 spiro atoms. The van der Waals surface area contributed by atoms with Crippen molar-refractivity contribution in [1.82, 2.24) is 0 Å². The van der Waals surface area contributed by atoms with E-state index in [1.54, 1.807) is 11.8 Å². The molecule has 2 amide bonds. The maximum absolute atomic E-state index is 11.2. The second-order valence-electron chi connectivity index (χ2n) is 4.61. The number of thioether (sulfide) groups is 1. The summed E-state index contributed by atoms with van der Waals surface area (Å²) in [5, 5.41) is 0. The lowest BCUT2D eigenvalue weighted by atomic mass is 9.81. The molecule has 0 bridgehead atoms. The quantitative estimate of drug-likeness (QED) is 0.662. The Balaban J connectivity index is 3.99. The van der Waals surface area contributed by atoms with Gasteiger partial charge in [-0.3, -0.25) is 9.59 Å². The van der Waals surface area contributed by atoms with Crippen LogP contribution in [0.1, 0.15) is 27.2 Å². The van der Waals surface area contributed by atoms with Crippen molar-refractivity contribution in [3.05, 3.63) is 0 Å². The van der Waals surface area contributed by atoms with Gasteiger partial charge in [-0.2, -0.15) is 11.8 Å². The van der Waals surface area contributed by atoms with Crippen LogP contribution >= 0.6 is 11.8 Å². The first-order chi connectivity index (χ1) is 6.75. The van der Waals surface area contributed by atoms with E-state index in [1.165, 1.54) is 0 Å². The summed E-state index contributed by atoms with van der Waals surface area (Å²) in [5.74, 6) is 0.528. The van der Waals surface area contributed by atoms with Crippen LogP contribution in [0.3, 0.4) is 0 Å². The minimum absolute atomic E-state index is 0.133. The van der Waals surface area contributed by atoms with E-state index in [9.17, 15) is 9.59 Å². The number of carbonyl (C=O) groups excluding carboxylic acids is 2. The second kappa shape index (κ2) is 6.00. The number of carbonyl (C=O) groups is 2. The van der Waals surface area contributed by atoms with Crippen LogP contribution in [0.5, 0.6) is 0 Å². The maximum atomic E-state index is 11.2. The van der Waals surface area contributed by atoms with E-state index < -0.39 is 0 Å². The first-order valence-corrected chi connectivity index (χ1v) is 6.06. The Bertz CT molecular complexity index is 236. The molecule has 0 aliphatic carbocycles. The molecule has 0 heterocycles. The molecule has 4 N–H and O–H groups in total. The highest BCUT2D eigenvalue weighted by molar-refractivity contribution is 7.99. The van der Waals surface area contributed by atoms with Crippen molar-refractivity contribution in [3.63, 3.8) is 0 Å². The molecule has 0 aromatic rings. The molecule has 15 heavy (non-hydrogen) atoms. The number of hydrogen-bond donors (Lipinski definition) is 2. The van der Waals surface area contributed by atoms with Gasteiger partial charge in [0.15, 0.2) is 0 Å². The average Bonchev–Trinajstić information content (AvgIpc) is 1.99. The van der Waals surface area contributed by atoms with E-state index >= 15 is 0 Å². The predicted molar refractivity (Wildman–Crippen MR) is 63.3 cm³/mol. The highest BCUT2D eigenvalue weighted by atomic mass is 32.2. The summed E-state index contributed by atoms with van der Waals surface area (Å²) in [4.78, 5) is 21.7. The fourth-order valence-corrected chi connectivity index (χ4v) is 2.55. The lowest BCUT2D eigenvalue weighted by Gasteiger charge is -2.27. The third-order valence-electron chi connectivity index (χ3n) is 2.17. The first-order valence-electron chi connectivity index (χ1n) is 4.90. The standard InChI is InChI=1S/C10H20N2O2S/c1-10(2,3)7(9(12)14)6-15-5-4-8(11)13/h7H,4-6H2,1-3H3,(H2,11,13)(H2,12,14). The van der Waals surface area contributed by atoms with Crippen molar-refractivity contribution in [2.24, 2.45) is 22.8 Å². The Morgan fingerprint density at radius 3 is 2.13 bits per heavy atom. The Kier molecular flexibility index (Phi) is 5.72. The Morgan fingerprint density at radius 2 is 1.80 bits per heavy atom. The van der Waals surface area contributed by atoms with E-state index in [-0.39, 0.29) is 23.1 Å². The predicted octanol–water partition coefficient (Wildman–Crippen LogP) is 0.743. The molecule has 0 rings (SSSR count). The van der Waals surface area contributed by atoms with Gasteiger partial charge in [0.1, 0.15) is 0 Å². The second-order valence-corrected chi connectivity index (χ2v) is 5.76. The largest absolute Gasteiger partial charge is 0.370 e. The number of nitrogens with two attached hydrogens (primary N) is 2. The van der Waals surface area contributed by atoms with Crippen LogP contribution in [-0.4, -0.2) is 23.3 Å². The normalized spacial score (nSPS) is 13.5. The molecular weight excluding hydrogens is 212 g/mol. The molecule has 4 nitrogen and oxygen atoms in total. The van der Waals surface area contributed by atoms with Gasteiger partial charge in [-0.25, -0.2) is 0 Å². The van der Waals surface area contributed by atoms with Crippen molar-refractivity contribution < 1.29 is 9.59 Å². The van der Waals surface area contributed by atoms with Gasteiger partial charge < -0.3 is 11.5 Å². The molecule has 0 aliphatic rings. The first kappa shape index (κ1) is 14.3. The topological polar surface area (TPSA) is 86.2 Å². The lowest BCUT2D eigenvalue weighted by Crippen LogP contribution is -2.35. The molecule has 0 aliphatic heterocycles.